The maximum atomic E-state index is 5.67. The van der Waals surface area contributed by atoms with E-state index in [0.717, 1.165) is 41.9 Å². The standard InChI is InChI=1S/C15H24BrNO3/c1-13-12-14(16)4-5-15(13)20-11-10-19-9-7-17-6-3-8-18-2/h4-5,12,17H,3,6-11H2,1-2H3. The van der Waals surface area contributed by atoms with Gasteiger partial charge in [-0.05, 0) is 43.7 Å². The van der Waals surface area contributed by atoms with Crippen LogP contribution in [0.2, 0.25) is 0 Å². The molecule has 0 saturated heterocycles. The maximum absolute atomic E-state index is 5.67. The number of nitrogens with one attached hydrogen (secondary N) is 1. The fourth-order valence-corrected chi connectivity index (χ4v) is 2.17. The third-order valence-corrected chi connectivity index (χ3v) is 3.24. The van der Waals surface area contributed by atoms with Crippen LogP contribution in [0.3, 0.4) is 0 Å². The first-order valence-electron chi connectivity index (χ1n) is 6.90. The van der Waals surface area contributed by atoms with Gasteiger partial charge in [0.2, 0.25) is 0 Å². The number of hydrogen-bond acceptors (Lipinski definition) is 4. The quantitative estimate of drug-likeness (QED) is 0.626. The lowest BCUT2D eigenvalue weighted by Gasteiger charge is -2.10. The van der Waals surface area contributed by atoms with Crippen LogP contribution in [0.4, 0.5) is 0 Å². The van der Waals surface area contributed by atoms with Crippen LogP contribution in [-0.4, -0.2) is 46.6 Å². The van der Waals surface area contributed by atoms with Crippen molar-refractivity contribution in [3.63, 3.8) is 0 Å². The van der Waals surface area contributed by atoms with E-state index in [0.29, 0.717) is 19.8 Å². The SMILES string of the molecule is COCCCNCCOCCOc1ccc(Br)cc1C. The Labute approximate surface area is 129 Å². The summed E-state index contributed by atoms with van der Waals surface area (Å²) >= 11 is 3.43. The molecular formula is C15H24BrNO3. The lowest BCUT2D eigenvalue weighted by molar-refractivity contribution is 0.101. The Morgan fingerprint density at radius 2 is 1.95 bits per heavy atom. The highest BCUT2D eigenvalue weighted by atomic mass is 79.9. The van der Waals surface area contributed by atoms with E-state index in [4.69, 9.17) is 14.2 Å². The van der Waals surface area contributed by atoms with Crippen LogP contribution >= 0.6 is 15.9 Å². The minimum Gasteiger partial charge on any atom is -0.491 e. The van der Waals surface area contributed by atoms with Gasteiger partial charge in [-0.2, -0.15) is 0 Å². The summed E-state index contributed by atoms with van der Waals surface area (Å²) in [7, 11) is 1.72. The molecule has 1 aromatic carbocycles. The van der Waals surface area contributed by atoms with E-state index in [1.165, 1.54) is 0 Å². The molecule has 0 aliphatic heterocycles. The Morgan fingerprint density at radius 3 is 2.70 bits per heavy atom. The molecule has 1 N–H and O–H groups in total. The molecule has 0 radical (unpaired) electrons. The van der Waals surface area contributed by atoms with Crippen LogP contribution in [0.15, 0.2) is 22.7 Å². The molecule has 0 heterocycles. The third kappa shape index (κ3) is 7.85. The molecular weight excluding hydrogens is 322 g/mol. The van der Waals surface area contributed by atoms with Crippen LogP contribution in [-0.2, 0) is 9.47 Å². The normalized spacial score (nSPS) is 10.8. The average molecular weight is 346 g/mol. The minimum absolute atomic E-state index is 0.576. The Bertz CT molecular complexity index is 374. The number of rotatable bonds is 11. The van der Waals surface area contributed by atoms with Crippen LogP contribution in [0.5, 0.6) is 5.75 Å². The lowest BCUT2D eigenvalue weighted by Crippen LogP contribution is -2.22. The maximum Gasteiger partial charge on any atom is 0.122 e. The van der Waals surface area contributed by atoms with Gasteiger partial charge in [-0.1, -0.05) is 15.9 Å². The van der Waals surface area contributed by atoms with Crippen molar-refractivity contribution in [1.29, 1.82) is 0 Å². The number of hydrogen-bond donors (Lipinski definition) is 1. The van der Waals surface area contributed by atoms with Gasteiger partial charge in [0.1, 0.15) is 12.4 Å². The van der Waals surface area contributed by atoms with Gasteiger partial charge in [-0.25, -0.2) is 0 Å². The van der Waals surface area contributed by atoms with Gasteiger partial charge in [0.25, 0.3) is 0 Å². The molecule has 5 heteroatoms. The van der Waals surface area contributed by atoms with Crippen molar-refractivity contribution < 1.29 is 14.2 Å². The highest BCUT2D eigenvalue weighted by molar-refractivity contribution is 9.10. The van der Waals surface area contributed by atoms with Crippen molar-refractivity contribution in [2.24, 2.45) is 0 Å². The van der Waals surface area contributed by atoms with Gasteiger partial charge < -0.3 is 19.5 Å². The second-order valence-corrected chi connectivity index (χ2v) is 5.38. The zero-order chi connectivity index (χ0) is 14.6. The Kier molecular flexibility index (Phi) is 9.66. The Hall–Kier alpha value is -0.620. The zero-order valence-corrected chi connectivity index (χ0v) is 13.9. The second kappa shape index (κ2) is 11.1. The summed E-state index contributed by atoms with van der Waals surface area (Å²) in [5.74, 6) is 0.912. The fraction of sp³-hybridized carbons (Fsp3) is 0.600. The van der Waals surface area contributed by atoms with E-state index in [1.807, 2.05) is 25.1 Å². The van der Waals surface area contributed by atoms with Crippen LogP contribution in [0.25, 0.3) is 0 Å². The van der Waals surface area contributed by atoms with Gasteiger partial charge in [0, 0.05) is 24.7 Å². The molecule has 0 aliphatic rings. The van der Waals surface area contributed by atoms with Crippen molar-refractivity contribution in [3.8, 4) is 5.75 Å². The molecule has 0 unspecified atom stereocenters. The number of halogens is 1. The van der Waals surface area contributed by atoms with E-state index < -0.39 is 0 Å². The van der Waals surface area contributed by atoms with Gasteiger partial charge in [0.15, 0.2) is 0 Å². The summed E-state index contributed by atoms with van der Waals surface area (Å²) in [4.78, 5) is 0. The average Bonchev–Trinajstić information content (AvgIpc) is 2.43. The molecule has 0 bridgehead atoms. The summed E-state index contributed by atoms with van der Waals surface area (Å²) in [5.41, 5.74) is 1.12. The molecule has 0 saturated carbocycles. The summed E-state index contributed by atoms with van der Waals surface area (Å²) in [5, 5.41) is 3.29. The molecule has 0 fully saturated rings. The van der Waals surface area contributed by atoms with Crippen molar-refractivity contribution in [2.45, 2.75) is 13.3 Å². The predicted octanol–water partition coefficient (Wildman–Crippen LogP) is 2.78. The highest BCUT2D eigenvalue weighted by Crippen LogP contribution is 2.21. The number of benzene rings is 1. The van der Waals surface area contributed by atoms with Crippen molar-refractivity contribution in [2.75, 3.05) is 46.6 Å². The fourth-order valence-electron chi connectivity index (χ4n) is 1.70. The zero-order valence-electron chi connectivity index (χ0n) is 12.3. The minimum atomic E-state index is 0.576. The monoisotopic (exact) mass is 345 g/mol. The smallest absolute Gasteiger partial charge is 0.122 e. The van der Waals surface area contributed by atoms with E-state index in [2.05, 4.69) is 21.2 Å². The Balaban J connectivity index is 1.97. The van der Waals surface area contributed by atoms with Gasteiger partial charge in [0.05, 0.1) is 13.2 Å². The Morgan fingerprint density at radius 1 is 1.10 bits per heavy atom. The molecule has 20 heavy (non-hydrogen) atoms. The molecule has 0 aromatic heterocycles. The first-order valence-corrected chi connectivity index (χ1v) is 7.69. The first kappa shape index (κ1) is 17.4. The number of ether oxygens (including phenoxy) is 3. The van der Waals surface area contributed by atoms with Crippen LogP contribution in [0, 0.1) is 6.92 Å². The van der Waals surface area contributed by atoms with Gasteiger partial charge in [-0.3, -0.25) is 0 Å². The van der Waals surface area contributed by atoms with Crippen molar-refractivity contribution in [3.05, 3.63) is 28.2 Å². The molecule has 1 aromatic rings. The van der Waals surface area contributed by atoms with Gasteiger partial charge in [-0.15, -0.1) is 0 Å². The van der Waals surface area contributed by atoms with E-state index in [1.54, 1.807) is 7.11 Å². The molecule has 114 valence electrons. The molecule has 1 rings (SSSR count). The molecule has 4 nitrogen and oxygen atoms in total. The van der Waals surface area contributed by atoms with Gasteiger partial charge >= 0.3 is 0 Å². The number of methoxy groups -OCH3 is 1. The highest BCUT2D eigenvalue weighted by Gasteiger charge is 1.99. The van der Waals surface area contributed by atoms with Crippen molar-refractivity contribution in [1.82, 2.24) is 5.32 Å². The molecule has 0 aliphatic carbocycles. The second-order valence-electron chi connectivity index (χ2n) is 4.47. The topological polar surface area (TPSA) is 39.7 Å². The largest absolute Gasteiger partial charge is 0.491 e. The van der Waals surface area contributed by atoms with Crippen molar-refractivity contribution >= 4 is 15.9 Å². The van der Waals surface area contributed by atoms with Crippen LogP contribution < -0.4 is 10.1 Å². The van der Waals surface area contributed by atoms with E-state index in [-0.39, 0.29) is 0 Å². The first-order chi connectivity index (χ1) is 9.74. The molecule has 0 atom stereocenters. The molecule has 0 spiro atoms. The third-order valence-electron chi connectivity index (χ3n) is 2.75. The molecule has 0 amide bonds. The lowest BCUT2D eigenvalue weighted by atomic mass is 10.2. The van der Waals surface area contributed by atoms with E-state index >= 15 is 0 Å². The van der Waals surface area contributed by atoms with E-state index in [9.17, 15) is 0 Å². The number of aryl methyl sites for hydroxylation is 1. The predicted molar refractivity (Wildman–Crippen MR) is 84.6 cm³/mol. The summed E-state index contributed by atoms with van der Waals surface area (Å²) in [6.45, 7) is 6.54. The van der Waals surface area contributed by atoms with Crippen LogP contribution in [0.1, 0.15) is 12.0 Å². The summed E-state index contributed by atoms with van der Waals surface area (Å²) < 4.78 is 17.2. The summed E-state index contributed by atoms with van der Waals surface area (Å²) in [6, 6.07) is 5.99. The summed E-state index contributed by atoms with van der Waals surface area (Å²) in [6.07, 6.45) is 1.03.